The van der Waals surface area contributed by atoms with E-state index >= 15 is 0 Å². The second-order valence-electron chi connectivity index (χ2n) is 10.9. The van der Waals surface area contributed by atoms with E-state index in [0.29, 0.717) is 5.39 Å². The molecule has 0 saturated carbocycles. The number of nitrogens with zero attached hydrogens (tertiary/aromatic N) is 1. The molecule has 0 aliphatic carbocycles. The van der Waals surface area contributed by atoms with Crippen LogP contribution in [0.4, 0.5) is 13.2 Å². The molecule has 3 aromatic carbocycles. The van der Waals surface area contributed by atoms with Crippen molar-refractivity contribution in [3.8, 4) is 11.3 Å². The summed E-state index contributed by atoms with van der Waals surface area (Å²) in [6.07, 6.45) is 1.35. The molecule has 4 aromatic rings. The third kappa shape index (κ3) is 9.48. The Hall–Kier alpha value is -3.02. The molecule has 0 aliphatic rings. The standard InChI is InChI=1S/C23H17F3N.C13H24O2.Ir/c1-14-9-15(2)11-17(10-14)22-21-16(7-8-27-22)12-18(13-23(24,25)26)19-5-3-4-6-20(19)21;1-5-10(6-2)12(14)9-13(15)11(7-3)8-4;/h3-10,12H,13H2,1-2H3;9-11,14H,5-8H2,1-4H3;/q-1;;/b;12-9-;. The molecular weight excluding hydrogens is 728 g/mol. The molecule has 4 rings (SSSR count). The number of pyridine rings is 1. The molecule has 0 bridgehead atoms. The van der Waals surface area contributed by atoms with E-state index in [1.807, 2.05) is 65.8 Å². The Labute approximate surface area is 267 Å². The van der Waals surface area contributed by atoms with Crippen LogP contribution in [0.5, 0.6) is 0 Å². The van der Waals surface area contributed by atoms with Gasteiger partial charge in [-0.15, -0.1) is 34.9 Å². The molecule has 0 atom stereocenters. The van der Waals surface area contributed by atoms with Gasteiger partial charge < -0.3 is 10.1 Å². The first-order chi connectivity index (χ1) is 19.9. The number of aromatic nitrogens is 1. The van der Waals surface area contributed by atoms with Gasteiger partial charge in [0.1, 0.15) is 0 Å². The van der Waals surface area contributed by atoms with Crippen molar-refractivity contribution in [1.29, 1.82) is 0 Å². The van der Waals surface area contributed by atoms with Crippen molar-refractivity contribution >= 4 is 27.3 Å². The Kier molecular flexibility index (Phi) is 13.6. The van der Waals surface area contributed by atoms with Gasteiger partial charge in [0.2, 0.25) is 0 Å². The Morgan fingerprint density at radius 2 is 1.53 bits per heavy atom. The van der Waals surface area contributed by atoms with Gasteiger partial charge in [0.15, 0.2) is 5.78 Å². The van der Waals surface area contributed by atoms with Crippen LogP contribution in [0.2, 0.25) is 0 Å². The van der Waals surface area contributed by atoms with Gasteiger partial charge in [-0.1, -0.05) is 71.9 Å². The fourth-order valence-corrected chi connectivity index (χ4v) is 5.50. The van der Waals surface area contributed by atoms with Gasteiger partial charge in [0.05, 0.1) is 12.2 Å². The first-order valence-electron chi connectivity index (χ1n) is 14.7. The largest absolute Gasteiger partial charge is 0.512 e. The maximum Gasteiger partial charge on any atom is 0.393 e. The number of halogens is 3. The van der Waals surface area contributed by atoms with Gasteiger partial charge in [0.25, 0.3) is 0 Å². The van der Waals surface area contributed by atoms with Gasteiger partial charge >= 0.3 is 6.18 Å². The number of ketones is 1. The number of carbonyl (C=O) groups excluding carboxylic acids is 1. The SMILES string of the molecule is CCC(CC)C(=O)/C=C(\O)C(CC)CC.Cc1[c-]c(-c2nccc3cc(CC(F)(F)F)c4ccccc4c23)cc(C)c1.[Ir]. The average Bonchev–Trinajstić information content (AvgIpc) is 2.93. The number of aliphatic hydroxyl groups excluding tert-OH is 1. The summed E-state index contributed by atoms with van der Waals surface area (Å²) in [6.45, 7) is 12.1. The molecule has 7 heteroatoms. The maximum atomic E-state index is 13.1. The Morgan fingerprint density at radius 3 is 2.09 bits per heavy atom. The smallest absolute Gasteiger partial charge is 0.393 e. The summed E-state index contributed by atoms with van der Waals surface area (Å²) in [6, 6.07) is 18.0. The second-order valence-corrected chi connectivity index (χ2v) is 10.9. The molecule has 1 aromatic heterocycles. The normalized spacial score (nSPS) is 11.9. The number of fused-ring (bicyclic) bond motifs is 3. The topological polar surface area (TPSA) is 50.2 Å². The quantitative estimate of drug-likeness (QED) is 0.0799. The van der Waals surface area contributed by atoms with Crippen LogP contribution in [0.1, 0.15) is 70.1 Å². The number of aliphatic hydroxyl groups is 1. The van der Waals surface area contributed by atoms with Crippen LogP contribution in [-0.4, -0.2) is 22.1 Å². The summed E-state index contributed by atoms with van der Waals surface area (Å²) >= 11 is 0. The van der Waals surface area contributed by atoms with Crippen LogP contribution >= 0.6 is 0 Å². The number of hydrogen-bond donors (Lipinski definition) is 1. The van der Waals surface area contributed by atoms with E-state index < -0.39 is 12.6 Å². The van der Waals surface area contributed by atoms with Gasteiger partial charge in [-0.3, -0.25) is 4.79 Å². The van der Waals surface area contributed by atoms with Gasteiger partial charge in [0, 0.05) is 44.2 Å². The minimum atomic E-state index is -4.26. The molecule has 1 N–H and O–H groups in total. The van der Waals surface area contributed by atoms with Crippen molar-refractivity contribution in [3.63, 3.8) is 0 Å². The summed E-state index contributed by atoms with van der Waals surface area (Å²) in [5.41, 5.74) is 3.98. The summed E-state index contributed by atoms with van der Waals surface area (Å²) in [5.74, 6) is 0.547. The average molecular weight is 769 g/mol. The van der Waals surface area contributed by atoms with Crippen LogP contribution in [0.3, 0.4) is 0 Å². The first kappa shape index (κ1) is 36.2. The Balaban J connectivity index is 0.000000348. The minimum Gasteiger partial charge on any atom is -0.512 e. The van der Waals surface area contributed by atoms with Crippen LogP contribution in [0, 0.1) is 31.7 Å². The fourth-order valence-electron chi connectivity index (χ4n) is 5.50. The molecule has 233 valence electrons. The van der Waals surface area contributed by atoms with E-state index in [2.05, 4.69) is 11.1 Å². The summed E-state index contributed by atoms with van der Waals surface area (Å²) in [5, 5.41) is 12.8. The molecule has 1 radical (unpaired) electrons. The number of alkyl halides is 3. The molecule has 0 fully saturated rings. The Morgan fingerprint density at radius 1 is 0.930 bits per heavy atom. The molecule has 0 spiro atoms. The van der Waals surface area contributed by atoms with Crippen molar-refractivity contribution in [3.05, 3.63) is 89.3 Å². The number of allylic oxidation sites excluding steroid dienone is 2. The molecule has 0 amide bonds. The zero-order chi connectivity index (χ0) is 31.0. The summed E-state index contributed by atoms with van der Waals surface area (Å²) in [4.78, 5) is 16.3. The van der Waals surface area contributed by atoms with Gasteiger partial charge in [-0.25, -0.2) is 0 Å². The molecule has 0 aliphatic heterocycles. The number of hydrogen-bond acceptors (Lipinski definition) is 3. The predicted molar refractivity (Wildman–Crippen MR) is 167 cm³/mol. The van der Waals surface area contributed by atoms with Crippen molar-refractivity contribution in [2.24, 2.45) is 11.8 Å². The number of carbonyl (C=O) groups is 1. The summed E-state index contributed by atoms with van der Waals surface area (Å²) in [7, 11) is 0. The predicted octanol–water partition coefficient (Wildman–Crippen LogP) is 10.4. The van der Waals surface area contributed by atoms with Crippen molar-refractivity contribution in [2.45, 2.75) is 79.8 Å². The number of rotatable bonds is 9. The van der Waals surface area contributed by atoms with E-state index in [0.717, 1.165) is 64.2 Å². The van der Waals surface area contributed by atoms with Gasteiger partial charge in [-0.05, 0) is 64.6 Å². The molecular formula is C36H41F3IrNO2-. The van der Waals surface area contributed by atoms with E-state index in [-0.39, 0.29) is 49.0 Å². The second kappa shape index (κ2) is 16.2. The van der Waals surface area contributed by atoms with Crippen LogP contribution < -0.4 is 0 Å². The third-order valence-electron chi connectivity index (χ3n) is 7.73. The van der Waals surface area contributed by atoms with Crippen molar-refractivity contribution in [2.75, 3.05) is 0 Å². The zero-order valence-electron chi connectivity index (χ0n) is 25.7. The minimum absolute atomic E-state index is 0. The van der Waals surface area contributed by atoms with Crippen LogP contribution in [-0.2, 0) is 31.3 Å². The maximum absolute atomic E-state index is 13.1. The third-order valence-corrected chi connectivity index (χ3v) is 7.73. The van der Waals surface area contributed by atoms with E-state index in [9.17, 15) is 23.1 Å². The van der Waals surface area contributed by atoms with Crippen LogP contribution in [0.25, 0.3) is 32.8 Å². The van der Waals surface area contributed by atoms with E-state index in [1.165, 1.54) is 6.08 Å². The fraction of sp³-hybridized carbons (Fsp3) is 0.389. The summed E-state index contributed by atoms with van der Waals surface area (Å²) < 4.78 is 39.3. The Bertz CT molecular complexity index is 1530. The number of aryl methyl sites for hydroxylation is 2. The molecule has 0 saturated heterocycles. The van der Waals surface area contributed by atoms with Crippen molar-refractivity contribution < 1.29 is 43.2 Å². The van der Waals surface area contributed by atoms with E-state index in [1.54, 1.807) is 30.5 Å². The monoisotopic (exact) mass is 769 g/mol. The van der Waals surface area contributed by atoms with Crippen LogP contribution in [0.15, 0.2) is 66.6 Å². The van der Waals surface area contributed by atoms with Crippen molar-refractivity contribution in [1.82, 2.24) is 4.98 Å². The first-order valence-corrected chi connectivity index (χ1v) is 14.7. The molecule has 43 heavy (non-hydrogen) atoms. The van der Waals surface area contributed by atoms with Gasteiger partial charge in [-0.2, -0.15) is 13.2 Å². The molecule has 0 unspecified atom stereocenters. The van der Waals surface area contributed by atoms with E-state index in [4.69, 9.17) is 0 Å². The molecule has 3 nitrogen and oxygen atoms in total. The zero-order valence-corrected chi connectivity index (χ0v) is 28.1. The number of benzene rings is 3. The molecule has 1 heterocycles.